The van der Waals surface area contributed by atoms with Gasteiger partial charge in [0.1, 0.15) is 0 Å². The molecule has 78 valence electrons. The Labute approximate surface area is 97.1 Å². The van der Waals surface area contributed by atoms with Gasteiger partial charge in [0.2, 0.25) is 0 Å². The lowest BCUT2D eigenvalue weighted by Gasteiger charge is -2.25. The molecule has 14 heavy (non-hydrogen) atoms. The van der Waals surface area contributed by atoms with Crippen molar-refractivity contribution in [1.82, 2.24) is 15.1 Å². The van der Waals surface area contributed by atoms with Gasteiger partial charge in [-0.25, -0.2) is 0 Å². The summed E-state index contributed by atoms with van der Waals surface area (Å²) in [6, 6.07) is 0. The predicted molar refractivity (Wildman–Crippen MR) is 62.1 cm³/mol. The molecule has 1 aliphatic rings. The Morgan fingerprint density at radius 3 is 2.79 bits per heavy atom. The molecular weight excluding hydrogens is 293 g/mol. The van der Waals surface area contributed by atoms with Crippen molar-refractivity contribution < 1.29 is 4.74 Å². The minimum atomic E-state index is 0.847. The van der Waals surface area contributed by atoms with Crippen LogP contribution in [0.15, 0.2) is 0 Å². The molecule has 1 aromatic rings. The van der Waals surface area contributed by atoms with Crippen LogP contribution in [-0.2, 0) is 11.3 Å². The first-order valence-corrected chi connectivity index (χ1v) is 5.84. The number of aromatic nitrogens is 2. The fourth-order valence-corrected chi connectivity index (χ4v) is 1.95. The van der Waals surface area contributed by atoms with Crippen LogP contribution in [-0.4, -0.2) is 41.4 Å². The molecule has 0 radical (unpaired) electrons. The van der Waals surface area contributed by atoms with Crippen molar-refractivity contribution in [3.05, 3.63) is 15.0 Å². The van der Waals surface area contributed by atoms with Gasteiger partial charge in [0.05, 0.1) is 22.5 Å². The lowest BCUT2D eigenvalue weighted by molar-refractivity contribution is 0.0335. The molecular formula is C9H14IN3O. The minimum Gasteiger partial charge on any atom is -0.379 e. The largest absolute Gasteiger partial charge is 0.379 e. The van der Waals surface area contributed by atoms with Crippen LogP contribution in [0.2, 0.25) is 0 Å². The standard InChI is InChI=1S/C9H14IN3O/c1-7-9(10)8(12-11-7)6-13-2-4-14-5-3-13/h2-6H2,1H3,(H,11,12). The van der Waals surface area contributed by atoms with Gasteiger partial charge in [-0.2, -0.15) is 5.10 Å². The first-order valence-electron chi connectivity index (χ1n) is 4.77. The topological polar surface area (TPSA) is 41.2 Å². The second-order valence-corrected chi connectivity index (χ2v) is 4.58. The first-order chi connectivity index (χ1) is 6.77. The summed E-state index contributed by atoms with van der Waals surface area (Å²) in [7, 11) is 0. The zero-order valence-electron chi connectivity index (χ0n) is 8.22. The fourth-order valence-electron chi connectivity index (χ4n) is 1.54. The monoisotopic (exact) mass is 307 g/mol. The summed E-state index contributed by atoms with van der Waals surface area (Å²) in [6.07, 6.45) is 0. The number of rotatable bonds is 2. The number of ether oxygens (including phenoxy) is 1. The molecule has 0 amide bonds. The number of hydrogen-bond acceptors (Lipinski definition) is 3. The maximum Gasteiger partial charge on any atom is 0.0898 e. The highest BCUT2D eigenvalue weighted by Gasteiger charge is 2.14. The van der Waals surface area contributed by atoms with Crippen molar-refractivity contribution in [1.29, 1.82) is 0 Å². The molecule has 0 spiro atoms. The Hall–Kier alpha value is -0.140. The molecule has 0 unspecified atom stereocenters. The Balaban J connectivity index is 1.99. The molecule has 1 aromatic heterocycles. The van der Waals surface area contributed by atoms with Gasteiger partial charge < -0.3 is 4.74 Å². The Morgan fingerprint density at radius 1 is 1.50 bits per heavy atom. The summed E-state index contributed by atoms with van der Waals surface area (Å²) in [6.45, 7) is 6.72. The van der Waals surface area contributed by atoms with Crippen molar-refractivity contribution >= 4 is 22.6 Å². The van der Waals surface area contributed by atoms with Gasteiger partial charge in [0.15, 0.2) is 0 Å². The van der Waals surface area contributed by atoms with Crippen LogP contribution in [0.4, 0.5) is 0 Å². The molecule has 0 bridgehead atoms. The number of aromatic amines is 1. The van der Waals surface area contributed by atoms with E-state index in [2.05, 4.69) is 44.6 Å². The lowest BCUT2D eigenvalue weighted by atomic mass is 10.3. The van der Waals surface area contributed by atoms with E-state index < -0.39 is 0 Å². The molecule has 2 heterocycles. The van der Waals surface area contributed by atoms with Crippen LogP contribution < -0.4 is 0 Å². The van der Waals surface area contributed by atoms with Gasteiger partial charge in [-0.15, -0.1) is 0 Å². The highest BCUT2D eigenvalue weighted by molar-refractivity contribution is 14.1. The highest BCUT2D eigenvalue weighted by Crippen LogP contribution is 2.15. The van der Waals surface area contributed by atoms with Crippen LogP contribution in [0.25, 0.3) is 0 Å². The molecule has 0 aromatic carbocycles. The summed E-state index contributed by atoms with van der Waals surface area (Å²) in [4.78, 5) is 2.38. The number of halogens is 1. The molecule has 1 aliphatic heterocycles. The third-order valence-corrected chi connectivity index (χ3v) is 3.85. The molecule has 4 nitrogen and oxygen atoms in total. The van der Waals surface area contributed by atoms with Gasteiger partial charge in [-0.1, -0.05) is 0 Å². The van der Waals surface area contributed by atoms with Gasteiger partial charge >= 0.3 is 0 Å². The van der Waals surface area contributed by atoms with E-state index in [4.69, 9.17) is 4.74 Å². The summed E-state index contributed by atoms with van der Waals surface area (Å²) < 4.78 is 6.56. The van der Waals surface area contributed by atoms with Crippen molar-refractivity contribution in [3.63, 3.8) is 0 Å². The smallest absolute Gasteiger partial charge is 0.0898 e. The number of nitrogens with one attached hydrogen (secondary N) is 1. The van der Waals surface area contributed by atoms with E-state index >= 15 is 0 Å². The van der Waals surface area contributed by atoms with E-state index in [0.717, 1.165) is 44.2 Å². The number of hydrogen-bond donors (Lipinski definition) is 1. The molecule has 1 saturated heterocycles. The molecule has 1 fully saturated rings. The first kappa shape index (κ1) is 10.4. The van der Waals surface area contributed by atoms with Crippen LogP contribution in [0, 0.1) is 10.5 Å². The second-order valence-electron chi connectivity index (χ2n) is 3.50. The maximum absolute atomic E-state index is 5.30. The van der Waals surface area contributed by atoms with Crippen LogP contribution in [0.3, 0.4) is 0 Å². The van der Waals surface area contributed by atoms with E-state index in [-0.39, 0.29) is 0 Å². The Bertz CT molecular complexity index is 307. The quantitative estimate of drug-likeness (QED) is 0.834. The molecule has 1 N–H and O–H groups in total. The van der Waals surface area contributed by atoms with Gasteiger partial charge in [0.25, 0.3) is 0 Å². The zero-order chi connectivity index (χ0) is 9.97. The number of H-pyrrole nitrogens is 1. The molecule has 5 heteroatoms. The Kier molecular flexibility index (Phi) is 3.40. The summed E-state index contributed by atoms with van der Waals surface area (Å²) >= 11 is 2.34. The van der Waals surface area contributed by atoms with Crippen LogP contribution >= 0.6 is 22.6 Å². The third kappa shape index (κ3) is 2.26. The van der Waals surface area contributed by atoms with Crippen LogP contribution in [0.1, 0.15) is 11.4 Å². The molecule has 0 atom stereocenters. The van der Waals surface area contributed by atoms with Crippen molar-refractivity contribution in [2.45, 2.75) is 13.5 Å². The number of morpholine rings is 1. The van der Waals surface area contributed by atoms with E-state index in [0.29, 0.717) is 0 Å². The third-order valence-electron chi connectivity index (χ3n) is 2.42. The Morgan fingerprint density at radius 2 is 2.21 bits per heavy atom. The average Bonchev–Trinajstić information content (AvgIpc) is 2.52. The van der Waals surface area contributed by atoms with Gasteiger partial charge in [-0.05, 0) is 29.5 Å². The van der Waals surface area contributed by atoms with E-state index in [1.807, 2.05) is 0 Å². The number of aryl methyl sites for hydroxylation is 1. The van der Waals surface area contributed by atoms with Crippen molar-refractivity contribution in [2.24, 2.45) is 0 Å². The molecule has 0 aliphatic carbocycles. The summed E-state index contributed by atoms with van der Waals surface area (Å²) in [5.41, 5.74) is 2.32. The van der Waals surface area contributed by atoms with E-state index in [1.54, 1.807) is 0 Å². The average molecular weight is 307 g/mol. The SMILES string of the molecule is Cc1[nH]nc(CN2CCOCC2)c1I. The second kappa shape index (κ2) is 4.59. The van der Waals surface area contributed by atoms with Crippen molar-refractivity contribution in [3.8, 4) is 0 Å². The maximum atomic E-state index is 5.30. The van der Waals surface area contributed by atoms with E-state index in [9.17, 15) is 0 Å². The molecule has 2 rings (SSSR count). The number of nitrogens with zero attached hydrogens (tertiary/aromatic N) is 2. The minimum absolute atomic E-state index is 0.847. The van der Waals surface area contributed by atoms with Gasteiger partial charge in [0, 0.05) is 25.3 Å². The predicted octanol–water partition coefficient (Wildman–Crippen LogP) is 1.15. The molecule has 0 saturated carbocycles. The summed E-state index contributed by atoms with van der Waals surface area (Å²) in [5.74, 6) is 0. The highest BCUT2D eigenvalue weighted by atomic mass is 127. The normalized spacial score (nSPS) is 18.7. The van der Waals surface area contributed by atoms with Gasteiger partial charge in [-0.3, -0.25) is 10.00 Å². The van der Waals surface area contributed by atoms with Crippen LogP contribution in [0.5, 0.6) is 0 Å². The zero-order valence-corrected chi connectivity index (χ0v) is 10.4. The lowest BCUT2D eigenvalue weighted by Crippen LogP contribution is -2.35. The van der Waals surface area contributed by atoms with E-state index in [1.165, 1.54) is 3.57 Å². The fraction of sp³-hybridized carbons (Fsp3) is 0.667. The van der Waals surface area contributed by atoms with Crippen molar-refractivity contribution in [2.75, 3.05) is 26.3 Å². The summed E-state index contributed by atoms with van der Waals surface area (Å²) in [5, 5.41) is 7.31.